The Morgan fingerprint density at radius 3 is 2.60 bits per heavy atom. The third kappa shape index (κ3) is 3.10. The van der Waals surface area contributed by atoms with E-state index in [-0.39, 0.29) is 11.3 Å². The zero-order valence-corrected chi connectivity index (χ0v) is 13.1. The molecule has 2 rings (SSSR count). The highest BCUT2D eigenvalue weighted by Crippen LogP contribution is 2.33. The second-order valence-electron chi connectivity index (χ2n) is 3.97. The maximum absolute atomic E-state index is 13.1. The molecule has 0 aliphatic heterocycles. The topological polar surface area (TPSA) is 75.3 Å². The van der Waals surface area contributed by atoms with Gasteiger partial charge in [0.2, 0.25) is 0 Å². The number of rotatable bonds is 2. The lowest BCUT2D eigenvalue weighted by Crippen LogP contribution is -2.14. The monoisotopic (exact) mass is 402 g/mol. The van der Waals surface area contributed by atoms with Crippen molar-refractivity contribution in [2.24, 2.45) is 0 Å². The number of halogens is 3. The molecule has 4 nitrogen and oxygen atoms in total. The maximum atomic E-state index is 13.1. The minimum atomic E-state index is -0.656. The van der Waals surface area contributed by atoms with Crippen molar-refractivity contribution in [3.63, 3.8) is 0 Å². The van der Waals surface area contributed by atoms with Gasteiger partial charge in [-0.25, -0.2) is 4.39 Å². The summed E-state index contributed by atoms with van der Waals surface area (Å²) in [6.45, 7) is 0. The molecule has 0 heterocycles. The second-order valence-corrected chi connectivity index (χ2v) is 5.74. The Kier molecular flexibility index (Phi) is 4.29. The molecule has 4 N–H and O–H groups in total. The van der Waals surface area contributed by atoms with E-state index in [0.717, 1.165) is 22.7 Å². The molecular formula is C13H9Br2FN2O2. The molecule has 1 amide bonds. The molecule has 0 fully saturated rings. The molecule has 0 atom stereocenters. The van der Waals surface area contributed by atoms with Crippen molar-refractivity contribution >= 4 is 49.1 Å². The van der Waals surface area contributed by atoms with Crippen LogP contribution in [0.5, 0.6) is 5.75 Å². The van der Waals surface area contributed by atoms with E-state index in [4.69, 9.17) is 5.73 Å². The fraction of sp³-hybridized carbons (Fsp3) is 0. The van der Waals surface area contributed by atoms with Crippen LogP contribution in [0.4, 0.5) is 15.8 Å². The molecule has 0 radical (unpaired) electrons. The van der Waals surface area contributed by atoms with Crippen LogP contribution in [-0.4, -0.2) is 11.0 Å². The van der Waals surface area contributed by atoms with Crippen molar-refractivity contribution in [1.82, 2.24) is 0 Å². The van der Waals surface area contributed by atoms with Crippen LogP contribution < -0.4 is 11.1 Å². The highest BCUT2D eigenvalue weighted by molar-refractivity contribution is 9.11. The van der Waals surface area contributed by atoms with E-state index >= 15 is 0 Å². The van der Waals surface area contributed by atoms with E-state index in [1.165, 1.54) is 0 Å². The minimum absolute atomic E-state index is 0.167. The molecule has 104 valence electrons. The Bertz CT molecular complexity index is 669. The normalized spacial score (nSPS) is 10.3. The van der Waals surface area contributed by atoms with E-state index in [9.17, 15) is 14.3 Å². The molecule has 0 saturated carbocycles. The largest absolute Gasteiger partial charge is 0.507 e. The van der Waals surface area contributed by atoms with Gasteiger partial charge in [-0.2, -0.15) is 0 Å². The van der Waals surface area contributed by atoms with Gasteiger partial charge < -0.3 is 16.2 Å². The van der Waals surface area contributed by atoms with Crippen LogP contribution >= 0.6 is 31.9 Å². The van der Waals surface area contributed by atoms with Gasteiger partial charge in [-0.3, -0.25) is 4.79 Å². The van der Waals surface area contributed by atoms with Crippen LogP contribution in [0.3, 0.4) is 0 Å². The zero-order valence-electron chi connectivity index (χ0n) is 9.95. The van der Waals surface area contributed by atoms with Crippen LogP contribution in [0.15, 0.2) is 39.3 Å². The lowest BCUT2D eigenvalue weighted by atomic mass is 10.1. The van der Waals surface area contributed by atoms with Gasteiger partial charge in [0.15, 0.2) is 0 Å². The standard InChI is InChI=1S/C13H9Br2FN2O2/c14-6-3-9(15)12(10(17)4-6)18-13(20)8-5-7(16)1-2-11(8)19/h1-5,19H,17H2,(H,18,20). The van der Waals surface area contributed by atoms with E-state index < -0.39 is 11.7 Å². The number of hydrogen-bond acceptors (Lipinski definition) is 3. The number of amides is 1. The summed E-state index contributed by atoms with van der Waals surface area (Å²) in [7, 11) is 0. The van der Waals surface area contributed by atoms with E-state index in [2.05, 4.69) is 37.2 Å². The number of carbonyl (C=O) groups excluding carboxylic acids is 1. The second kappa shape index (κ2) is 5.80. The number of nitrogen functional groups attached to an aromatic ring is 1. The average molecular weight is 404 g/mol. The number of hydrogen-bond donors (Lipinski definition) is 3. The summed E-state index contributed by atoms with van der Waals surface area (Å²) in [6, 6.07) is 6.46. The molecule has 0 bridgehead atoms. The number of anilines is 2. The van der Waals surface area contributed by atoms with Crippen LogP contribution in [0.25, 0.3) is 0 Å². The molecule has 0 unspecified atom stereocenters. The molecule has 0 spiro atoms. The highest BCUT2D eigenvalue weighted by atomic mass is 79.9. The lowest BCUT2D eigenvalue weighted by Gasteiger charge is -2.11. The van der Waals surface area contributed by atoms with Crippen LogP contribution in [0.2, 0.25) is 0 Å². The average Bonchev–Trinajstić information content (AvgIpc) is 2.36. The predicted octanol–water partition coefficient (Wildman–Crippen LogP) is 3.89. The van der Waals surface area contributed by atoms with E-state index in [0.29, 0.717) is 15.8 Å². The smallest absolute Gasteiger partial charge is 0.259 e. The first-order valence-corrected chi connectivity index (χ1v) is 7.01. The summed E-state index contributed by atoms with van der Waals surface area (Å²) < 4.78 is 14.4. The van der Waals surface area contributed by atoms with Gasteiger partial charge in [0.05, 0.1) is 16.9 Å². The van der Waals surface area contributed by atoms with E-state index in [1.54, 1.807) is 12.1 Å². The van der Waals surface area contributed by atoms with Gasteiger partial charge in [0, 0.05) is 8.95 Å². The molecule has 0 aliphatic rings. The molecule has 0 aliphatic carbocycles. The lowest BCUT2D eigenvalue weighted by molar-refractivity contribution is 0.102. The number of phenols is 1. The van der Waals surface area contributed by atoms with Gasteiger partial charge in [-0.05, 0) is 46.3 Å². The van der Waals surface area contributed by atoms with Gasteiger partial charge in [-0.15, -0.1) is 0 Å². The number of benzene rings is 2. The minimum Gasteiger partial charge on any atom is -0.507 e. The number of aromatic hydroxyl groups is 1. The van der Waals surface area contributed by atoms with Crippen molar-refractivity contribution in [1.29, 1.82) is 0 Å². The summed E-state index contributed by atoms with van der Waals surface area (Å²) in [5.41, 5.74) is 6.32. The fourth-order valence-electron chi connectivity index (χ4n) is 1.60. The fourth-order valence-corrected chi connectivity index (χ4v) is 2.95. The Morgan fingerprint density at radius 2 is 1.95 bits per heavy atom. The number of nitrogens with one attached hydrogen (secondary N) is 1. The summed E-state index contributed by atoms with van der Waals surface area (Å²) in [4.78, 5) is 12.1. The van der Waals surface area contributed by atoms with Crippen LogP contribution in [0, 0.1) is 5.82 Å². The van der Waals surface area contributed by atoms with E-state index in [1.807, 2.05) is 0 Å². The van der Waals surface area contributed by atoms with Gasteiger partial charge in [0.25, 0.3) is 5.91 Å². The predicted molar refractivity (Wildman–Crippen MR) is 82.3 cm³/mol. The summed E-state index contributed by atoms with van der Waals surface area (Å²) in [5, 5.41) is 12.1. The zero-order chi connectivity index (χ0) is 14.9. The number of phenolic OH excluding ortho intramolecular Hbond substituents is 1. The van der Waals surface area contributed by atoms with Gasteiger partial charge >= 0.3 is 0 Å². The SMILES string of the molecule is Nc1cc(Br)cc(Br)c1NC(=O)c1cc(F)ccc1O. The first-order valence-electron chi connectivity index (χ1n) is 5.43. The van der Waals surface area contributed by atoms with Gasteiger partial charge in [0.1, 0.15) is 11.6 Å². The van der Waals surface area contributed by atoms with Crippen LogP contribution in [0.1, 0.15) is 10.4 Å². The molecule has 7 heteroatoms. The molecular weight excluding hydrogens is 395 g/mol. The molecule has 0 aromatic heterocycles. The quantitative estimate of drug-likeness (QED) is 0.666. The molecule has 2 aromatic carbocycles. The van der Waals surface area contributed by atoms with Crippen molar-refractivity contribution in [3.05, 3.63) is 50.7 Å². The van der Waals surface area contributed by atoms with Crippen molar-refractivity contribution in [2.75, 3.05) is 11.1 Å². The van der Waals surface area contributed by atoms with Crippen molar-refractivity contribution < 1.29 is 14.3 Å². The van der Waals surface area contributed by atoms with Crippen LogP contribution in [-0.2, 0) is 0 Å². The Balaban J connectivity index is 2.35. The Labute approximate surface area is 131 Å². The summed E-state index contributed by atoms with van der Waals surface area (Å²) >= 11 is 6.54. The van der Waals surface area contributed by atoms with Crippen molar-refractivity contribution in [3.8, 4) is 5.75 Å². The van der Waals surface area contributed by atoms with Crippen molar-refractivity contribution in [2.45, 2.75) is 0 Å². The maximum Gasteiger partial charge on any atom is 0.259 e. The first-order chi connectivity index (χ1) is 9.38. The Hall–Kier alpha value is -1.60. The number of carbonyl (C=O) groups is 1. The summed E-state index contributed by atoms with van der Waals surface area (Å²) in [6.07, 6.45) is 0. The number of nitrogens with two attached hydrogens (primary N) is 1. The Morgan fingerprint density at radius 1 is 1.25 bits per heavy atom. The molecule has 20 heavy (non-hydrogen) atoms. The van der Waals surface area contributed by atoms with Gasteiger partial charge in [-0.1, -0.05) is 15.9 Å². The molecule has 0 saturated heterocycles. The highest BCUT2D eigenvalue weighted by Gasteiger charge is 2.15. The first kappa shape index (κ1) is 14.8. The third-order valence-corrected chi connectivity index (χ3v) is 3.61. The summed E-state index contributed by atoms with van der Waals surface area (Å²) in [5.74, 6) is -1.58. The third-order valence-electron chi connectivity index (χ3n) is 2.53. The molecule has 2 aromatic rings.